The Hall–Kier alpha value is -18.9. The van der Waals surface area contributed by atoms with Gasteiger partial charge in [0, 0.05) is 109 Å². The summed E-state index contributed by atoms with van der Waals surface area (Å²) >= 11 is 0. The summed E-state index contributed by atoms with van der Waals surface area (Å²) in [7, 11) is 0. The number of fused-ring (bicyclic) bond motifs is 11. The Morgan fingerprint density at radius 1 is 0.168 bits per heavy atom. The van der Waals surface area contributed by atoms with Crippen molar-refractivity contribution in [2.24, 2.45) is 5.92 Å². The Kier molecular flexibility index (Phi) is 23.7. The van der Waals surface area contributed by atoms with Gasteiger partial charge in [0.15, 0.2) is 23.3 Å². The highest BCUT2D eigenvalue weighted by atomic mass is 15.0. The standard InChI is InChI=1S/C51H34N2.C43H29N5.C39H27N3/c1-2-12-33(13-3-1)35-22-25-36(26-23-35)48-32-49(53-50(52-48)39-27-24-34-14-4-5-15-37(34)30-39)38-28-29-43-42-18-8-11-21-46(42)51(47(43)31-38)44-19-9-6-16-40(44)41-17-7-10-20-45(41)51;1-3-13-30(14-4-1)36-27-37(31-15-5-2-6-16-31)29-38(28-36)43-47-41(34-19-11-17-32(25-34)39-21-7-9-23-44-39)46-42(48-43)35-20-12-18-33(26-35)40-22-8-10-24-45-40;1-4-12-28(13-5-1)31-19-20-37(41-27-31)35-23-32(22-34(24-35)36-18-10-11-21-40-36)33-25-38(29-14-6-2-7-15-29)42-39(26-33)30-16-8-3-9-17-30/h1-32,40,44H;1-29H;1-27H. The van der Waals surface area contributed by atoms with Crippen LogP contribution in [0.2, 0.25) is 0 Å². The van der Waals surface area contributed by atoms with Crippen molar-refractivity contribution in [3.63, 3.8) is 0 Å². The molecule has 3 unspecified atom stereocenters. The average molecular weight is 1830 g/mol. The molecule has 0 N–H and O–H groups in total. The van der Waals surface area contributed by atoms with Crippen LogP contribution in [0.4, 0.5) is 0 Å². The molecule has 7 aromatic heterocycles. The van der Waals surface area contributed by atoms with Gasteiger partial charge in [-0.05, 0) is 216 Å². The van der Waals surface area contributed by atoms with Crippen molar-refractivity contribution in [1.29, 1.82) is 0 Å². The van der Waals surface area contributed by atoms with Gasteiger partial charge in [-0.25, -0.2) is 29.9 Å². The van der Waals surface area contributed by atoms with E-state index in [1.165, 1.54) is 55.3 Å². The second kappa shape index (κ2) is 38.9. The van der Waals surface area contributed by atoms with Crippen molar-refractivity contribution in [3.05, 3.63) is 557 Å². The van der Waals surface area contributed by atoms with Crippen molar-refractivity contribution in [2.45, 2.75) is 11.3 Å². The minimum absolute atomic E-state index is 0.278. The lowest BCUT2D eigenvalue weighted by atomic mass is 9.65. The lowest BCUT2D eigenvalue weighted by Crippen LogP contribution is -2.33. The van der Waals surface area contributed by atoms with Gasteiger partial charge in [0.25, 0.3) is 0 Å². The second-order valence-electron chi connectivity index (χ2n) is 36.1. The van der Waals surface area contributed by atoms with E-state index in [0.717, 1.165) is 163 Å². The third kappa shape index (κ3) is 17.7. The molecule has 10 heteroatoms. The van der Waals surface area contributed by atoms with Crippen molar-refractivity contribution in [1.82, 2.24) is 49.8 Å². The molecule has 672 valence electrons. The Morgan fingerprint density at radius 3 is 1.08 bits per heavy atom. The van der Waals surface area contributed by atoms with E-state index in [-0.39, 0.29) is 11.3 Å². The van der Waals surface area contributed by atoms with Crippen LogP contribution in [-0.2, 0) is 5.41 Å². The van der Waals surface area contributed by atoms with Crippen LogP contribution < -0.4 is 0 Å². The lowest BCUT2D eigenvalue weighted by Gasteiger charge is -2.36. The summed E-state index contributed by atoms with van der Waals surface area (Å²) in [5.74, 6) is 3.09. The molecule has 0 saturated carbocycles. The molecule has 16 aromatic carbocycles. The monoisotopic (exact) mass is 1830 g/mol. The quantitative estimate of drug-likeness (QED) is 0.0869. The minimum Gasteiger partial charge on any atom is -0.256 e. The first-order chi connectivity index (χ1) is 70.8. The van der Waals surface area contributed by atoms with Gasteiger partial charge in [-0.15, -0.1) is 0 Å². The summed E-state index contributed by atoms with van der Waals surface area (Å²) < 4.78 is 0. The van der Waals surface area contributed by atoms with Crippen molar-refractivity contribution in [3.8, 4) is 202 Å². The fraction of sp³-hybridized carbons (Fsp3) is 0.0226. The SMILES string of the molecule is C1=CC2c3ccccc3C3(c4ccccc4-c4ccc(-c5cc(-c6ccc(-c7ccccc7)cc6)nc(-c6ccc7ccccc7c6)n5)cc43)C2C=C1.c1ccc(-c2cc(-c3ccccc3)cc(-c3nc(-c4cccc(-c5ccccn5)c4)nc(-c4cccc(-c5ccccn5)c4)n3)c2)cc1.c1ccc(-c2ccc(-c3cc(-c4cc(-c5ccccc5)nc(-c5ccccc5)c4)cc(-c4ccccn4)c3)nc2)cc1. The molecule has 0 radical (unpaired) electrons. The molecule has 7 heterocycles. The van der Waals surface area contributed by atoms with Crippen LogP contribution in [0.3, 0.4) is 0 Å². The Bertz CT molecular complexity index is 8440. The first-order valence-electron chi connectivity index (χ1n) is 48.3. The van der Waals surface area contributed by atoms with Gasteiger partial charge >= 0.3 is 0 Å². The van der Waals surface area contributed by atoms with Crippen molar-refractivity contribution in [2.75, 3.05) is 0 Å². The van der Waals surface area contributed by atoms with Crippen LogP contribution in [0.1, 0.15) is 28.2 Å². The highest BCUT2D eigenvalue weighted by molar-refractivity contribution is 5.92. The zero-order valence-electron chi connectivity index (χ0n) is 77.9. The Labute approximate surface area is 831 Å². The number of hydrogen-bond acceptors (Lipinski definition) is 10. The van der Waals surface area contributed by atoms with E-state index in [4.69, 9.17) is 34.9 Å². The maximum atomic E-state index is 5.35. The third-order valence-corrected chi connectivity index (χ3v) is 27.3. The van der Waals surface area contributed by atoms with Crippen LogP contribution in [0.25, 0.3) is 213 Å². The molecule has 1 spiro atoms. The first kappa shape index (κ1) is 86.9. The lowest BCUT2D eigenvalue weighted by molar-refractivity contribution is 0.465. The van der Waals surface area contributed by atoms with E-state index >= 15 is 0 Å². The fourth-order valence-corrected chi connectivity index (χ4v) is 20.4. The van der Waals surface area contributed by atoms with E-state index in [1.54, 1.807) is 12.4 Å². The third-order valence-electron chi connectivity index (χ3n) is 27.3. The van der Waals surface area contributed by atoms with Gasteiger partial charge < -0.3 is 0 Å². The topological polar surface area (TPSA) is 129 Å². The van der Waals surface area contributed by atoms with Crippen LogP contribution >= 0.6 is 0 Å². The number of benzene rings is 16. The van der Waals surface area contributed by atoms with E-state index in [1.807, 2.05) is 134 Å². The van der Waals surface area contributed by atoms with Gasteiger partial charge in [0.1, 0.15) is 0 Å². The molecule has 0 aliphatic heterocycles. The van der Waals surface area contributed by atoms with Crippen LogP contribution in [0.15, 0.2) is 534 Å². The van der Waals surface area contributed by atoms with Crippen LogP contribution in [0, 0.1) is 5.92 Å². The van der Waals surface area contributed by atoms with E-state index in [9.17, 15) is 0 Å². The van der Waals surface area contributed by atoms with E-state index in [2.05, 4.69) is 403 Å². The fourth-order valence-electron chi connectivity index (χ4n) is 20.4. The van der Waals surface area contributed by atoms with E-state index < -0.39 is 0 Å². The van der Waals surface area contributed by atoms with E-state index in [0.29, 0.717) is 23.4 Å². The normalized spacial score (nSPS) is 13.8. The number of hydrogen-bond donors (Lipinski definition) is 0. The smallest absolute Gasteiger partial charge is 0.164 e. The van der Waals surface area contributed by atoms with Gasteiger partial charge in [-0.1, -0.05) is 388 Å². The summed E-state index contributed by atoms with van der Waals surface area (Å²) in [5.41, 5.74) is 38.5. The number of rotatable bonds is 17. The molecule has 3 aliphatic carbocycles. The first-order valence-corrected chi connectivity index (χ1v) is 48.3. The molecule has 3 aliphatic rings. The second-order valence-corrected chi connectivity index (χ2v) is 36.1. The zero-order valence-corrected chi connectivity index (χ0v) is 77.9. The molecular weight excluding hydrogens is 1740 g/mol. The summed E-state index contributed by atoms with van der Waals surface area (Å²) in [4.78, 5) is 49.7. The predicted octanol–water partition coefficient (Wildman–Crippen LogP) is 32.7. The maximum Gasteiger partial charge on any atom is 0.164 e. The summed E-state index contributed by atoms with van der Waals surface area (Å²) in [6.45, 7) is 0. The van der Waals surface area contributed by atoms with Crippen LogP contribution in [0.5, 0.6) is 0 Å². The van der Waals surface area contributed by atoms with Gasteiger partial charge in [0.2, 0.25) is 0 Å². The summed E-state index contributed by atoms with van der Waals surface area (Å²) in [5, 5.41) is 2.38. The highest BCUT2D eigenvalue weighted by Crippen LogP contribution is 2.66. The van der Waals surface area contributed by atoms with Gasteiger partial charge in [-0.3, -0.25) is 19.9 Å². The molecule has 26 rings (SSSR count). The Morgan fingerprint density at radius 2 is 0.517 bits per heavy atom. The number of allylic oxidation sites excluding steroid dienone is 4. The predicted molar refractivity (Wildman–Crippen MR) is 583 cm³/mol. The Balaban J connectivity index is 0.000000116. The molecule has 0 fully saturated rings. The van der Waals surface area contributed by atoms with Gasteiger partial charge in [-0.2, -0.15) is 0 Å². The van der Waals surface area contributed by atoms with Crippen molar-refractivity contribution < 1.29 is 0 Å². The highest BCUT2D eigenvalue weighted by Gasteiger charge is 2.57. The molecule has 23 aromatic rings. The number of aromatic nitrogens is 10. The zero-order chi connectivity index (χ0) is 95.2. The average Bonchev–Trinajstić information content (AvgIpc) is 1.51. The number of nitrogens with zero attached hydrogens (tertiary/aromatic N) is 10. The molecule has 143 heavy (non-hydrogen) atoms. The number of pyridine rings is 5. The molecule has 3 atom stereocenters. The molecule has 0 saturated heterocycles. The molecule has 0 amide bonds. The maximum absolute atomic E-state index is 5.35. The van der Waals surface area contributed by atoms with Crippen molar-refractivity contribution >= 4 is 10.8 Å². The molecule has 10 nitrogen and oxygen atoms in total. The van der Waals surface area contributed by atoms with Gasteiger partial charge in [0.05, 0.1) is 51.0 Å². The largest absolute Gasteiger partial charge is 0.256 e. The molecular formula is C133H90N10. The van der Waals surface area contributed by atoms with Crippen LogP contribution in [-0.4, -0.2) is 49.8 Å². The summed E-state index contributed by atoms with van der Waals surface area (Å²) in [6.07, 6.45) is 16.7. The minimum atomic E-state index is -0.297. The summed E-state index contributed by atoms with van der Waals surface area (Å²) in [6, 6.07) is 170. The molecule has 0 bridgehead atoms.